The van der Waals surface area contributed by atoms with Crippen molar-refractivity contribution in [1.29, 1.82) is 0 Å². The Morgan fingerprint density at radius 1 is 1.16 bits per heavy atom. The van der Waals surface area contributed by atoms with Gasteiger partial charge in [0.2, 0.25) is 0 Å². The lowest BCUT2D eigenvalue weighted by molar-refractivity contribution is -0.149. The van der Waals surface area contributed by atoms with Gasteiger partial charge in [0.25, 0.3) is 0 Å². The molecule has 102 valence electrons. The summed E-state index contributed by atoms with van der Waals surface area (Å²) in [6.45, 7) is 3.13. The summed E-state index contributed by atoms with van der Waals surface area (Å²) in [5.74, 6) is 0. The highest BCUT2D eigenvalue weighted by atomic mass is 19.4. The molecule has 1 aromatic heterocycles. The molecule has 0 saturated heterocycles. The van der Waals surface area contributed by atoms with Crippen LogP contribution in [0.25, 0.3) is 5.69 Å². The van der Waals surface area contributed by atoms with E-state index in [-0.39, 0.29) is 5.56 Å². The molecule has 1 aromatic carbocycles. The number of halogens is 3. The predicted octanol–water partition coefficient (Wildman–Crippen LogP) is 3.05. The van der Waals surface area contributed by atoms with Crippen molar-refractivity contribution >= 4 is 0 Å². The Morgan fingerprint density at radius 2 is 1.74 bits per heavy atom. The average molecular weight is 269 g/mol. The van der Waals surface area contributed by atoms with Gasteiger partial charge in [0.05, 0.1) is 11.4 Å². The Kier molecular flexibility index (Phi) is 3.36. The van der Waals surface area contributed by atoms with Crippen LogP contribution in [0.3, 0.4) is 0 Å². The summed E-state index contributed by atoms with van der Waals surface area (Å²) in [4.78, 5) is 0. The van der Waals surface area contributed by atoms with Crippen LogP contribution < -0.4 is 5.73 Å². The molecule has 3 nitrogen and oxygen atoms in total. The third-order valence-electron chi connectivity index (χ3n) is 3.01. The summed E-state index contributed by atoms with van der Waals surface area (Å²) in [6, 6.07) is 6.98. The molecule has 0 saturated carbocycles. The number of aromatic nitrogens is 2. The summed E-state index contributed by atoms with van der Waals surface area (Å²) in [5.41, 5.74) is 6.74. The van der Waals surface area contributed by atoms with Gasteiger partial charge in [-0.3, -0.25) is 0 Å². The van der Waals surface area contributed by atoms with E-state index in [9.17, 15) is 13.2 Å². The molecular formula is C13H14F3N3. The van der Waals surface area contributed by atoms with Crippen LogP contribution >= 0.6 is 0 Å². The summed E-state index contributed by atoms with van der Waals surface area (Å²) >= 11 is 0. The molecule has 0 aliphatic heterocycles. The van der Waals surface area contributed by atoms with Gasteiger partial charge >= 0.3 is 6.18 Å². The molecule has 0 spiro atoms. The van der Waals surface area contributed by atoms with Crippen LogP contribution in [-0.2, 0) is 0 Å². The zero-order valence-corrected chi connectivity index (χ0v) is 10.6. The maximum absolute atomic E-state index is 12.7. The van der Waals surface area contributed by atoms with E-state index in [1.165, 1.54) is 11.6 Å². The number of rotatable bonds is 2. The van der Waals surface area contributed by atoms with E-state index in [1.54, 1.807) is 31.2 Å². The molecule has 0 fully saturated rings. The van der Waals surface area contributed by atoms with Crippen LogP contribution in [0.5, 0.6) is 0 Å². The molecule has 6 heteroatoms. The van der Waals surface area contributed by atoms with Gasteiger partial charge in [0.15, 0.2) is 0 Å². The van der Waals surface area contributed by atoms with E-state index < -0.39 is 12.2 Å². The Balaban J connectivity index is 2.53. The van der Waals surface area contributed by atoms with Crippen LogP contribution in [0.15, 0.2) is 30.3 Å². The first-order valence-corrected chi connectivity index (χ1v) is 5.76. The highest BCUT2D eigenvalue weighted by Gasteiger charge is 2.40. The monoisotopic (exact) mass is 269 g/mol. The van der Waals surface area contributed by atoms with E-state index in [4.69, 9.17) is 5.73 Å². The zero-order valence-electron chi connectivity index (χ0n) is 10.6. The van der Waals surface area contributed by atoms with Crippen molar-refractivity contribution in [3.63, 3.8) is 0 Å². The fourth-order valence-corrected chi connectivity index (χ4v) is 2.09. The van der Waals surface area contributed by atoms with Crippen LogP contribution in [0.1, 0.15) is 23.0 Å². The second-order valence-electron chi connectivity index (χ2n) is 4.35. The third-order valence-corrected chi connectivity index (χ3v) is 3.01. The number of hydrogen-bond acceptors (Lipinski definition) is 2. The molecule has 0 aliphatic rings. The normalized spacial score (nSPS) is 13.6. The number of para-hydroxylation sites is 1. The fourth-order valence-electron chi connectivity index (χ4n) is 2.09. The Labute approximate surface area is 108 Å². The van der Waals surface area contributed by atoms with Crippen LogP contribution in [0, 0.1) is 13.8 Å². The standard InChI is InChI=1S/C13H14F3N3/c1-8-11(12(17)13(14,15)16)9(2)19(18-8)10-6-4-3-5-7-10/h3-7,12H,17H2,1-2H3/t12-/m0/s1. The average Bonchev–Trinajstić information content (AvgIpc) is 2.64. The number of benzene rings is 1. The van der Waals surface area contributed by atoms with Crippen molar-refractivity contribution in [3.8, 4) is 5.69 Å². The molecule has 2 aromatic rings. The minimum Gasteiger partial charge on any atom is -0.316 e. The van der Waals surface area contributed by atoms with Gasteiger partial charge < -0.3 is 5.73 Å². The van der Waals surface area contributed by atoms with Crippen molar-refractivity contribution in [2.24, 2.45) is 5.73 Å². The Hall–Kier alpha value is -1.82. The first-order valence-electron chi connectivity index (χ1n) is 5.76. The first kappa shape index (κ1) is 13.6. The smallest absolute Gasteiger partial charge is 0.316 e. The maximum atomic E-state index is 12.7. The highest BCUT2D eigenvalue weighted by molar-refractivity contribution is 5.38. The van der Waals surface area contributed by atoms with E-state index >= 15 is 0 Å². The van der Waals surface area contributed by atoms with Crippen molar-refractivity contribution in [2.75, 3.05) is 0 Å². The van der Waals surface area contributed by atoms with Crippen LogP contribution in [-0.4, -0.2) is 16.0 Å². The summed E-state index contributed by atoms with van der Waals surface area (Å²) in [6.07, 6.45) is -4.47. The minimum absolute atomic E-state index is 0.0383. The largest absolute Gasteiger partial charge is 0.407 e. The van der Waals surface area contributed by atoms with E-state index in [0.717, 1.165) is 0 Å². The lowest BCUT2D eigenvalue weighted by Gasteiger charge is -2.16. The van der Waals surface area contributed by atoms with Crippen LogP contribution in [0.2, 0.25) is 0 Å². The molecular weight excluding hydrogens is 255 g/mol. The van der Waals surface area contributed by atoms with Crippen molar-refractivity contribution < 1.29 is 13.2 Å². The maximum Gasteiger partial charge on any atom is 0.407 e. The molecule has 1 heterocycles. The lowest BCUT2D eigenvalue weighted by Crippen LogP contribution is -2.29. The first-order chi connectivity index (χ1) is 8.82. The van der Waals surface area contributed by atoms with Gasteiger partial charge in [-0.2, -0.15) is 18.3 Å². The van der Waals surface area contributed by atoms with Gasteiger partial charge in [-0.25, -0.2) is 4.68 Å². The number of alkyl halides is 3. The van der Waals surface area contributed by atoms with E-state index in [2.05, 4.69) is 5.10 Å². The molecule has 0 amide bonds. The quantitative estimate of drug-likeness (QED) is 0.910. The van der Waals surface area contributed by atoms with Crippen molar-refractivity contribution in [1.82, 2.24) is 9.78 Å². The second kappa shape index (κ2) is 4.70. The van der Waals surface area contributed by atoms with Gasteiger partial charge in [0.1, 0.15) is 6.04 Å². The van der Waals surface area contributed by atoms with Crippen molar-refractivity contribution in [2.45, 2.75) is 26.1 Å². The molecule has 0 unspecified atom stereocenters. The molecule has 0 aliphatic carbocycles. The minimum atomic E-state index is -4.47. The van der Waals surface area contributed by atoms with Gasteiger partial charge in [0, 0.05) is 11.3 Å². The zero-order chi connectivity index (χ0) is 14.2. The third kappa shape index (κ3) is 2.49. The van der Waals surface area contributed by atoms with Gasteiger partial charge in [-0.15, -0.1) is 0 Å². The lowest BCUT2D eigenvalue weighted by atomic mass is 10.1. The number of nitrogens with zero attached hydrogens (tertiary/aromatic N) is 2. The predicted molar refractivity (Wildman–Crippen MR) is 66.0 cm³/mol. The highest BCUT2D eigenvalue weighted by Crippen LogP contribution is 2.34. The van der Waals surface area contributed by atoms with Crippen molar-refractivity contribution in [3.05, 3.63) is 47.3 Å². The summed E-state index contributed by atoms with van der Waals surface area (Å²) < 4.78 is 39.7. The molecule has 2 N–H and O–H groups in total. The van der Waals surface area contributed by atoms with Crippen LogP contribution in [0.4, 0.5) is 13.2 Å². The molecule has 0 bridgehead atoms. The van der Waals surface area contributed by atoms with Gasteiger partial charge in [-0.1, -0.05) is 18.2 Å². The molecule has 1 atom stereocenters. The molecule has 19 heavy (non-hydrogen) atoms. The van der Waals surface area contributed by atoms with E-state index in [1.807, 2.05) is 6.07 Å². The summed E-state index contributed by atoms with van der Waals surface area (Å²) in [7, 11) is 0. The number of aryl methyl sites for hydroxylation is 1. The Morgan fingerprint density at radius 3 is 2.26 bits per heavy atom. The SMILES string of the molecule is Cc1nn(-c2ccccc2)c(C)c1[C@H](N)C(F)(F)F. The summed E-state index contributed by atoms with van der Waals surface area (Å²) in [5, 5.41) is 4.15. The van der Waals surface area contributed by atoms with E-state index in [0.29, 0.717) is 17.1 Å². The number of hydrogen-bond donors (Lipinski definition) is 1. The Bertz CT molecular complexity index is 573. The van der Waals surface area contributed by atoms with Gasteiger partial charge in [-0.05, 0) is 26.0 Å². The molecule has 0 radical (unpaired) electrons. The fraction of sp³-hybridized carbons (Fsp3) is 0.308. The molecule has 2 rings (SSSR count). The topological polar surface area (TPSA) is 43.8 Å². The number of nitrogens with two attached hydrogens (primary N) is 1. The second-order valence-corrected chi connectivity index (χ2v) is 4.35.